The first-order valence-corrected chi connectivity index (χ1v) is 9.52. The van der Waals surface area contributed by atoms with Crippen molar-refractivity contribution in [3.63, 3.8) is 0 Å². The molecule has 6 nitrogen and oxygen atoms in total. The quantitative estimate of drug-likeness (QED) is 0.348. The highest BCUT2D eigenvalue weighted by molar-refractivity contribution is 14.0. The monoisotopic (exact) mass is 468 g/mol. The molecule has 0 unspecified atom stereocenters. The van der Waals surface area contributed by atoms with Crippen molar-refractivity contribution in [2.75, 3.05) is 32.4 Å². The Balaban J connectivity index is 0.00000529. The summed E-state index contributed by atoms with van der Waals surface area (Å²) in [5.74, 6) is 0.655. The molecule has 0 aliphatic heterocycles. The van der Waals surface area contributed by atoms with E-state index in [2.05, 4.69) is 34.7 Å². The van der Waals surface area contributed by atoms with E-state index in [0.29, 0.717) is 32.1 Å². The number of rotatable bonds is 8. The van der Waals surface area contributed by atoms with Crippen molar-refractivity contribution < 1.29 is 8.42 Å². The second kappa shape index (κ2) is 11.6. The van der Waals surface area contributed by atoms with Crippen molar-refractivity contribution in [1.29, 1.82) is 0 Å². The molecule has 2 N–H and O–H groups in total. The van der Waals surface area contributed by atoms with Crippen LogP contribution in [-0.2, 0) is 16.6 Å². The number of hydrogen-bond donors (Lipinski definition) is 2. The van der Waals surface area contributed by atoms with Crippen molar-refractivity contribution >= 4 is 40.0 Å². The van der Waals surface area contributed by atoms with Gasteiger partial charge >= 0.3 is 0 Å². The largest absolute Gasteiger partial charge is 0.355 e. The van der Waals surface area contributed by atoms with E-state index in [-0.39, 0.29) is 29.7 Å². The highest BCUT2D eigenvalue weighted by atomic mass is 127. The number of guanidine groups is 1. The highest BCUT2D eigenvalue weighted by Gasteiger charge is 2.18. The summed E-state index contributed by atoms with van der Waals surface area (Å²) >= 11 is 0. The molecule has 0 aromatic heterocycles. The zero-order valence-corrected chi connectivity index (χ0v) is 18.0. The molecule has 0 aliphatic carbocycles. The zero-order chi connectivity index (χ0) is 17.3. The van der Waals surface area contributed by atoms with Gasteiger partial charge in [0.05, 0.1) is 5.75 Å². The molecule has 1 aromatic carbocycles. The minimum absolute atomic E-state index is 0. The number of sulfonamides is 1. The molecule has 0 spiro atoms. The van der Waals surface area contributed by atoms with E-state index >= 15 is 0 Å². The fraction of sp³-hybridized carbons (Fsp3) is 0.562. The molecule has 0 amide bonds. The second-order valence-electron chi connectivity index (χ2n) is 5.18. The SMILES string of the molecule is CCN(CC)S(=O)(=O)CCNC(=NC)NCc1ccccc1C.I. The molecular weight excluding hydrogens is 439 g/mol. The summed E-state index contributed by atoms with van der Waals surface area (Å²) in [6, 6.07) is 8.12. The van der Waals surface area contributed by atoms with Gasteiger partial charge in [-0.2, -0.15) is 0 Å². The fourth-order valence-corrected chi connectivity index (χ4v) is 3.66. The summed E-state index contributed by atoms with van der Waals surface area (Å²) in [5, 5.41) is 6.25. The summed E-state index contributed by atoms with van der Waals surface area (Å²) in [4.78, 5) is 4.12. The van der Waals surface area contributed by atoms with E-state index in [1.807, 2.05) is 26.0 Å². The van der Waals surface area contributed by atoms with Gasteiger partial charge < -0.3 is 10.6 Å². The van der Waals surface area contributed by atoms with Crippen LogP contribution in [0.2, 0.25) is 0 Å². The van der Waals surface area contributed by atoms with Crippen molar-refractivity contribution in [2.24, 2.45) is 4.99 Å². The maximum atomic E-state index is 12.1. The average molecular weight is 468 g/mol. The minimum Gasteiger partial charge on any atom is -0.355 e. The maximum Gasteiger partial charge on any atom is 0.215 e. The first-order valence-electron chi connectivity index (χ1n) is 7.91. The number of halogens is 1. The Kier molecular flexibility index (Phi) is 11.2. The van der Waals surface area contributed by atoms with Crippen LogP contribution in [0.4, 0.5) is 0 Å². The molecule has 1 aromatic rings. The molecule has 24 heavy (non-hydrogen) atoms. The summed E-state index contributed by atoms with van der Waals surface area (Å²) in [6.07, 6.45) is 0. The average Bonchev–Trinajstić information content (AvgIpc) is 2.52. The van der Waals surface area contributed by atoms with Crippen LogP contribution in [0.1, 0.15) is 25.0 Å². The van der Waals surface area contributed by atoms with Crippen LogP contribution < -0.4 is 10.6 Å². The van der Waals surface area contributed by atoms with Crippen molar-refractivity contribution in [3.8, 4) is 0 Å². The molecular formula is C16H29IN4O2S. The van der Waals surface area contributed by atoms with Gasteiger partial charge in [-0.3, -0.25) is 4.99 Å². The van der Waals surface area contributed by atoms with Gasteiger partial charge in [-0.1, -0.05) is 38.1 Å². The third kappa shape index (κ3) is 7.35. The van der Waals surface area contributed by atoms with Crippen LogP contribution in [0.25, 0.3) is 0 Å². The maximum absolute atomic E-state index is 12.1. The Morgan fingerprint density at radius 1 is 1.17 bits per heavy atom. The fourth-order valence-electron chi connectivity index (χ4n) is 2.25. The van der Waals surface area contributed by atoms with E-state index in [1.54, 1.807) is 7.05 Å². The van der Waals surface area contributed by atoms with Crippen LogP contribution in [0, 0.1) is 6.92 Å². The van der Waals surface area contributed by atoms with E-state index in [4.69, 9.17) is 0 Å². The summed E-state index contributed by atoms with van der Waals surface area (Å²) in [5.41, 5.74) is 2.39. The van der Waals surface area contributed by atoms with Crippen LogP contribution in [0.5, 0.6) is 0 Å². The van der Waals surface area contributed by atoms with Gasteiger partial charge in [0.15, 0.2) is 5.96 Å². The number of aliphatic imine (C=N–C) groups is 1. The number of hydrogen-bond acceptors (Lipinski definition) is 3. The number of aryl methyl sites for hydroxylation is 1. The predicted octanol–water partition coefficient (Wildman–Crippen LogP) is 1.95. The van der Waals surface area contributed by atoms with Crippen LogP contribution in [0.3, 0.4) is 0 Å². The van der Waals surface area contributed by atoms with Crippen molar-refractivity contribution in [3.05, 3.63) is 35.4 Å². The van der Waals surface area contributed by atoms with E-state index < -0.39 is 10.0 Å². The molecule has 0 aliphatic rings. The van der Waals surface area contributed by atoms with Gasteiger partial charge in [-0.15, -0.1) is 24.0 Å². The Labute approximate surface area is 163 Å². The predicted molar refractivity (Wildman–Crippen MR) is 112 cm³/mol. The van der Waals surface area contributed by atoms with Crippen molar-refractivity contribution in [1.82, 2.24) is 14.9 Å². The topological polar surface area (TPSA) is 73.8 Å². The Bertz CT molecular complexity index is 616. The molecule has 0 bridgehead atoms. The first kappa shape index (κ1) is 23.1. The van der Waals surface area contributed by atoms with Crippen LogP contribution >= 0.6 is 24.0 Å². The molecule has 0 saturated carbocycles. The Hall–Kier alpha value is -0.870. The van der Waals surface area contributed by atoms with Gasteiger partial charge in [-0.05, 0) is 18.1 Å². The number of nitrogens with zero attached hydrogens (tertiary/aromatic N) is 2. The minimum atomic E-state index is -3.21. The highest BCUT2D eigenvalue weighted by Crippen LogP contribution is 2.05. The normalized spacial score (nSPS) is 12.0. The molecule has 138 valence electrons. The third-order valence-corrected chi connectivity index (χ3v) is 5.71. The first-order chi connectivity index (χ1) is 10.9. The lowest BCUT2D eigenvalue weighted by Gasteiger charge is -2.19. The molecule has 1 rings (SSSR count). The molecule has 0 atom stereocenters. The summed E-state index contributed by atoms with van der Waals surface area (Å²) in [7, 11) is -1.54. The lowest BCUT2D eigenvalue weighted by molar-refractivity contribution is 0.445. The van der Waals surface area contributed by atoms with Gasteiger partial charge in [0, 0.05) is 33.2 Å². The van der Waals surface area contributed by atoms with Crippen LogP contribution in [-0.4, -0.2) is 51.1 Å². The van der Waals surface area contributed by atoms with Gasteiger partial charge in [0.2, 0.25) is 10.0 Å². The summed E-state index contributed by atoms with van der Waals surface area (Å²) < 4.78 is 25.7. The van der Waals surface area contributed by atoms with Gasteiger partial charge in [-0.25, -0.2) is 12.7 Å². The van der Waals surface area contributed by atoms with E-state index in [0.717, 1.165) is 0 Å². The lowest BCUT2D eigenvalue weighted by atomic mass is 10.1. The molecule has 0 saturated heterocycles. The zero-order valence-electron chi connectivity index (χ0n) is 14.9. The standard InChI is InChI=1S/C16H28N4O2S.HI/c1-5-20(6-2)23(21,22)12-11-18-16(17-4)19-13-15-10-8-7-9-14(15)3;/h7-10H,5-6,11-13H2,1-4H3,(H2,17,18,19);1H. The smallest absolute Gasteiger partial charge is 0.215 e. The number of nitrogens with one attached hydrogen (secondary N) is 2. The Morgan fingerprint density at radius 2 is 1.79 bits per heavy atom. The van der Waals surface area contributed by atoms with Gasteiger partial charge in [0.25, 0.3) is 0 Å². The molecule has 8 heteroatoms. The van der Waals surface area contributed by atoms with E-state index in [9.17, 15) is 8.42 Å². The second-order valence-corrected chi connectivity index (χ2v) is 7.27. The lowest BCUT2D eigenvalue weighted by Crippen LogP contribution is -2.41. The van der Waals surface area contributed by atoms with Crippen LogP contribution in [0.15, 0.2) is 29.3 Å². The molecule has 0 heterocycles. The van der Waals surface area contributed by atoms with Crippen molar-refractivity contribution in [2.45, 2.75) is 27.3 Å². The summed E-state index contributed by atoms with van der Waals surface area (Å²) in [6.45, 7) is 7.72. The van der Waals surface area contributed by atoms with E-state index in [1.165, 1.54) is 15.4 Å². The van der Waals surface area contributed by atoms with Gasteiger partial charge in [0.1, 0.15) is 0 Å². The third-order valence-electron chi connectivity index (χ3n) is 3.68. The number of benzene rings is 1. The Morgan fingerprint density at radius 3 is 2.33 bits per heavy atom. The molecule has 0 fully saturated rings. The molecule has 0 radical (unpaired) electrons.